The molecule has 0 unspecified atom stereocenters. The standard InChI is InChI=1S/C12H18N2O/c1-4-13-12(15)14(5-2)11-9-7-6-8-10(11)3/h6-9H,4-5H2,1-3H3,(H,13,15). The first-order valence-electron chi connectivity index (χ1n) is 5.31. The molecular weight excluding hydrogens is 188 g/mol. The summed E-state index contributed by atoms with van der Waals surface area (Å²) in [5.41, 5.74) is 2.09. The van der Waals surface area contributed by atoms with Crippen LogP contribution in [0.4, 0.5) is 10.5 Å². The summed E-state index contributed by atoms with van der Waals surface area (Å²) in [6.45, 7) is 7.24. The average molecular weight is 206 g/mol. The minimum atomic E-state index is -0.0331. The highest BCUT2D eigenvalue weighted by Gasteiger charge is 2.13. The number of amides is 2. The Morgan fingerprint density at radius 1 is 1.33 bits per heavy atom. The highest BCUT2D eigenvalue weighted by atomic mass is 16.2. The maximum Gasteiger partial charge on any atom is 0.321 e. The fourth-order valence-electron chi connectivity index (χ4n) is 1.54. The van der Waals surface area contributed by atoms with E-state index in [4.69, 9.17) is 0 Å². The molecule has 0 aliphatic heterocycles. The molecule has 0 aromatic heterocycles. The molecule has 0 radical (unpaired) electrons. The minimum absolute atomic E-state index is 0.0331. The number of hydrogen-bond donors (Lipinski definition) is 1. The van der Waals surface area contributed by atoms with Gasteiger partial charge >= 0.3 is 6.03 Å². The van der Waals surface area contributed by atoms with Crippen LogP contribution in [0, 0.1) is 6.92 Å². The van der Waals surface area contributed by atoms with E-state index in [0.29, 0.717) is 13.1 Å². The average Bonchev–Trinajstić information content (AvgIpc) is 2.22. The van der Waals surface area contributed by atoms with Gasteiger partial charge in [-0.3, -0.25) is 4.90 Å². The SMILES string of the molecule is CCNC(=O)N(CC)c1ccccc1C. The van der Waals surface area contributed by atoms with Gasteiger partial charge in [-0.2, -0.15) is 0 Å². The Kier molecular flexibility index (Phi) is 4.16. The van der Waals surface area contributed by atoms with Gasteiger partial charge in [-0.05, 0) is 32.4 Å². The summed E-state index contributed by atoms with van der Waals surface area (Å²) in [6.07, 6.45) is 0. The van der Waals surface area contributed by atoms with Crippen molar-refractivity contribution in [2.24, 2.45) is 0 Å². The van der Waals surface area contributed by atoms with E-state index in [1.165, 1.54) is 0 Å². The monoisotopic (exact) mass is 206 g/mol. The number of hydrogen-bond acceptors (Lipinski definition) is 1. The minimum Gasteiger partial charge on any atom is -0.338 e. The normalized spacial score (nSPS) is 9.80. The Hall–Kier alpha value is -1.51. The largest absolute Gasteiger partial charge is 0.338 e. The second kappa shape index (κ2) is 5.39. The molecule has 0 aliphatic rings. The number of benzene rings is 1. The van der Waals surface area contributed by atoms with E-state index in [-0.39, 0.29) is 6.03 Å². The van der Waals surface area contributed by atoms with Gasteiger partial charge in [-0.25, -0.2) is 4.79 Å². The lowest BCUT2D eigenvalue weighted by Gasteiger charge is -2.22. The maximum absolute atomic E-state index is 11.7. The van der Waals surface area contributed by atoms with E-state index in [0.717, 1.165) is 11.3 Å². The van der Waals surface area contributed by atoms with Crippen molar-refractivity contribution in [2.45, 2.75) is 20.8 Å². The molecule has 3 heteroatoms. The van der Waals surface area contributed by atoms with Gasteiger partial charge in [-0.1, -0.05) is 18.2 Å². The number of rotatable bonds is 3. The van der Waals surface area contributed by atoms with Gasteiger partial charge in [0.2, 0.25) is 0 Å². The molecule has 1 N–H and O–H groups in total. The summed E-state index contributed by atoms with van der Waals surface area (Å²) in [5.74, 6) is 0. The fourth-order valence-corrected chi connectivity index (χ4v) is 1.54. The zero-order valence-electron chi connectivity index (χ0n) is 9.58. The first-order valence-corrected chi connectivity index (χ1v) is 5.31. The molecular formula is C12H18N2O. The van der Waals surface area contributed by atoms with E-state index in [9.17, 15) is 4.79 Å². The van der Waals surface area contributed by atoms with E-state index >= 15 is 0 Å². The third-order valence-electron chi connectivity index (χ3n) is 2.30. The summed E-state index contributed by atoms with van der Waals surface area (Å²) in [5, 5.41) is 2.81. The molecule has 3 nitrogen and oxygen atoms in total. The van der Waals surface area contributed by atoms with Crippen molar-refractivity contribution in [1.29, 1.82) is 0 Å². The molecule has 0 fully saturated rings. The Bertz CT molecular complexity index is 336. The lowest BCUT2D eigenvalue weighted by Crippen LogP contribution is -2.40. The lowest BCUT2D eigenvalue weighted by molar-refractivity contribution is 0.247. The summed E-state index contributed by atoms with van der Waals surface area (Å²) >= 11 is 0. The molecule has 0 bridgehead atoms. The molecule has 2 amide bonds. The number of nitrogens with zero attached hydrogens (tertiary/aromatic N) is 1. The molecule has 15 heavy (non-hydrogen) atoms. The van der Waals surface area contributed by atoms with Crippen molar-refractivity contribution >= 4 is 11.7 Å². The van der Waals surface area contributed by atoms with Gasteiger partial charge in [0, 0.05) is 18.8 Å². The van der Waals surface area contributed by atoms with Crippen LogP contribution in [0.15, 0.2) is 24.3 Å². The third-order valence-corrected chi connectivity index (χ3v) is 2.30. The van der Waals surface area contributed by atoms with Crippen LogP contribution in [-0.2, 0) is 0 Å². The molecule has 1 aromatic rings. The molecule has 0 aliphatic carbocycles. The molecule has 0 spiro atoms. The number of carbonyl (C=O) groups excluding carboxylic acids is 1. The quantitative estimate of drug-likeness (QED) is 0.810. The topological polar surface area (TPSA) is 32.3 Å². The van der Waals surface area contributed by atoms with Gasteiger partial charge in [0.25, 0.3) is 0 Å². The number of aryl methyl sites for hydroxylation is 1. The highest BCUT2D eigenvalue weighted by molar-refractivity contribution is 5.92. The Labute approximate surface area is 91.1 Å². The van der Waals surface area contributed by atoms with Crippen LogP contribution >= 0.6 is 0 Å². The zero-order chi connectivity index (χ0) is 11.3. The van der Waals surface area contributed by atoms with Crippen molar-refractivity contribution in [3.8, 4) is 0 Å². The predicted octanol–water partition coefficient (Wildman–Crippen LogP) is 2.55. The van der Waals surface area contributed by atoms with Crippen LogP contribution < -0.4 is 10.2 Å². The van der Waals surface area contributed by atoms with Crippen LogP contribution in [0.3, 0.4) is 0 Å². The maximum atomic E-state index is 11.7. The van der Waals surface area contributed by atoms with Crippen molar-refractivity contribution in [1.82, 2.24) is 5.32 Å². The fraction of sp³-hybridized carbons (Fsp3) is 0.417. The Morgan fingerprint density at radius 3 is 2.53 bits per heavy atom. The van der Waals surface area contributed by atoms with Crippen molar-refractivity contribution in [3.63, 3.8) is 0 Å². The number of nitrogens with one attached hydrogen (secondary N) is 1. The van der Waals surface area contributed by atoms with Crippen molar-refractivity contribution in [2.75, 3.05) is 18.0 Å². The molecule has 82 valence electrons. The molecule has 1 aromatic carbocycles. The van der Waals surface area contributed by atoms with Crippen molar-refractivity contribution in [3.05, 3.63) is 29.8 Å². The highest BCUT2D eigenvalue weighted by Crippen LogP contribution is 2.18. The van der Waals surface area contributed by atoms with E-state index in [2.05, 4.69) is 5.32 Å². The van der Waals surface area contributed by atoms with Gasteiger partial charge < -0.3 is 5.32 Å². The van der Waals surface area contributed by atoms with Gasteiger partial charge in [0.1, 0.15) is 0 Å². The van der Waals surface area contributed by atoms with E-state index in [1.54, 1.807) is 4.90 Å². The first-order chi connectivity index (χ1) is 7.20. The number of para-hydroxylation sites is 1. The van der Waals surface area contributed by atoms with Crippen LogP contribution in [-0.4, -0.2) is 19.1 Å². The van der Waals surface area contributed by atoms with E-state index < -0.39 is 0 Å². The molecule has 1 rings (SSSR count). The second-order valence-electron chi connectivity index (χ2n) is 3.37. The summed E-state index contributed by atoms with van der Waals surface area (Å²) in [6, 6.07) is 7.87. The van der Waals surface area contributed by atoms with E-state index in [1.807, 2.05) is 45.0 Å². The van der Waals surface area contributed by atoms with Gasteiger partial charge in [0.15, 0.2) is 0 Å². The van der Waals surface area contributed by atoms with Crippen LogP contribution in [0.1, 0.15) is 19.4 Å². The van der Waals surface area contributed by atoms with Gasteiger partial charge in [-0.15, -0.1) is 0 Å². The molecule has 0 saturated carbocycles. The predicted molar refractivity (Wildman–Crippen MR) is 63.3 cm³/mol. The van der Waals surface area contributed by atoms with Crippen LogP contribution in [0.2, 0.25) is 0 Å². The van der Waals surface area contributed by atoms with Crippen LogP contribution in [0.5, 0.6) is 0 Å². The summed E-state index contributed by atoms with van der Waals surface area (Å²) in [4.78, 5) is 13.5. The first kappa shape index (κ1) is 11.6. The zero-order valence-corrected chi connectivity index (χ0v) is 9.58. The third kappa shape index (κ3) is 2.72. The number of carbonyl (C=O) groups is 1. The number of urea groups is 1. The Morgan fingerprint density at radius 2 is 2.00 bits per heavy atom. The molecule has 0 heterocycles. The molecule has 0 atom stereocenters. The number of anilines is 1. The van der Waals surface area contributed by atoms with Crippen molar-refractivity contribution < 1.29 is 4.79 Å². The summed E-state index contributed by atoms with van der Waals surface area (Å²) in [7, 11) is 0. The van der Waals surface area contributed by atoms with Gasteiger partial charge in [0.05, 0.1) is 0 Å². The molecule has 0 saturated heterocycles. The van der Waals surface area contributed by atoms with Crippen LogP contribution in [0.25, 0.3) is 0 Å². The lowest BCUT2D eigenvalue weighted by atomic mass is 10.2. The Balaban J connectivity index is 2.92. The second-order valence-corrected chi connectivity index (χ2v) is 3.37. The smallest absolute Gasteiger partial charge is 0.321 e. The summed E-state index contributed by atoms with van der Waals surface area (Å²) < 4.78 is 0.